The van der Waals surface area contributed by atoms with Crippen molar-refractivity contribution >= 4 is 38.4 Å². The van der Waals surface area contributed by atoms with Gasteiger partial charge in [-0.2, -0.15) is 11.8 Å². The third-order valence-corrected chi connectivity index (χ3v) is 5.44. The molecule has 1 saturated heterocycles. The molecule has 1 atom stereocenters. The Bertz CT molecular complexity index is 515. The van der Waals surface area contributed by atoms with Crippen molar-refractivity contribution < 1.29 is 0 Å². The topological polar surface area (TPSA) is 24.9 Å². The molecule has 0 amide bonds. The summed E-state index contributed by atoms with van der Waals surface area (Å²) >= 11 is 3.84. The molecule has 2 heterocycles. The fourth-order valence-corrected chi connectivity index (χ4v) is 4.17. The Kier molecular flexibility index (Phi) is 3.25. The van der Waals surface area contributed by atoms with Gasteiger partial charge in [0.1, 0.15) is 0 Å². The highest BCUT2D eigenvalue weighted by atomic mass is 32.2. The monoisotopic (exact) mass is 264 g/mol. The average Bonchev–Trinajstić information content (AvgIpc) is 2.94. The van der Waals surface area contributed by atoms with E-state index in [0.717, 1.165) is 22.4 Å². The van der Waals surface area contributed by atoms with Crippen molar-refractivity contribution in [2.24, 2.45) is 0 Å². The molecule has 90 valence electrons. The van der Waals surface area contributed by atoms with E-state index < -0.39 is 0 Å². The minimum absolute atomic E-state index is 0.781. The molecule has 0 spiro atoms. The van der Waals surface area contributed by atoms with Crippen molar-refractivity contribution in [1.29, 1.82) is 0 Å². The molecule has 1 aliphatic heterocycles. The van der Waals surface area contributed by atoms with E-state index in [2.05, 4.69) is 47.2 Å². The summed E-state index contributed by atoms with van der Waals surface area (Å²) < 4.78 is 1.28. The van der Waals surface area contributed by atoms with Crippen LogP contribution in [0.3, 0.4) is 0 Å². The van der Waals surface area contributed by atoms with Gasteiger partial charge in [-0.05, 0) is 43.2 Å². The lowest BCUT2D eigenvalue weighted by Gasteiger charge is -2.07. The molecule has 2 aromatic rings. The molecule has 2 nitrogen and oxygen atoms in total. The van der Waals surface area contributed by atoms with Gasteiger partial charge < -0.3 is 5.32 Å². The zero-order chi connectivity index (χ0) is 11.7. The molecular weight excluding hydrogens is 248 g/mol. The lowest BCUT2D eigenvalue weighted by atomic mass is 10.2. The van der Waals surface area contributed by atoms with Crippen molar-refractivity contribution in [1.82, 2.24) is 4.98 Å². The van der Waals surface area contributed by atoms with Crippen molar-refractivity contribution in [2.75, 3.05) is 17.6 Å². The van der Waals surface area contributed by atoms with Gasteiger partial charge in [-0.1, -0.05) is 17.4 Å². The first kappa shape index (κ1) is 11.4. The van der Waals surface area contributed by atoms with Crippen molar-refractivity contribution in [3.63, 3.8) is 0 Å². The van der Waals surface area contributed by atoms with Crippen LogP contribution in [0.5, 0.6) is 0 Å². The molecule has 0 bridgehead atoms. The summed E-state index contributed by atoms with van der Waals surface area (Å²) in [6.45, 7) is 3.17. The van der Waals surface area contributed by atoms with E-state index >= 15 is 0 Å². The van der Waals surface area contributed by atoms with Crippen LogP contribution in [-0.2, 0) is 0 Å². The number of fused-ring (bicyclic) bond motifs is 1. The Balaban J connectivity index is 1.72. The van der Waals surface area contributed by atoms with E-state index in [9.17, 15) is 0 Å². The number of benzene rings is 1. The molecule has 1 aromatic heterocycles. The second-order valence-corrected chi connectivity index (χ2v) is 6.95. The van der Waals surface area contributed by atoms with Crippen molar-refractivity contribution in [2.45, 2.75) is 25.0 Å². The van der Waals surface area contributed by atoms with Crippen LogP contribution in [-0.4, -0.2) is 22.5 Å². The zero-order valence-corrected chi connectivity index (χ0v) is 11.5. The van der Waals surface area contributed by atoms with Gasteiger partial charge in [-0.25, -0.2) is 4.98 Å². The Morgan fingerprint density at radius 2 is 2.41 bits per heavy atom. The van der Waals surface area contributed by atoms with Gasteiger partial charge in [0.25, 0.3) is 0 Å². The molecule has 1 aromatic carbocycles. The summed E-state index contributed by atoms with van der Waals surface area (Å²) in [7, 11) is 0. The number of thioether (sulfide) groups is 1. The molecule has 0 aliphatic carbocycles. The van der Waals surface area contributed by atoms with Gasteiger partial charge in [0.05, 0.1) is 10.2 Å². The first-order chi connectivity index (χ1) is 8.31. The highest BCUT2D eigenvalue weighted by Gasteiger charge is 2.15. The second-order valence-electron chi connectivity index (χ2n) is 4.51. The molecule has 1 aliphatic rings. The number of nitrogens with zero attached hydrogens (tertiary/aromatic N) is 1. The summed E-state index contributed by atoms with van der Waals surface area (Å²) in [6, 6.07) is 6.47. The van der Waals surface area contributed by atoms with Crippen molar-refractivity contribution in [3.8, 4) is 0 Å². The molecule has 1 N–H and O–H groups in total. The van der Waals surface area contributed by atoms with Crippen LogP contribution in [0.4, 0.5) is 5.13 Å². The summed E-state index contributed by atoms with van der Waals surface area (Å²) in [5, 5.41) is 5.33. The number of aromatic nitrogens is 1. The summed E-state index contributed by atoms with van der Waals surface area (Å²) in [5.41, 5.74) is 2.40. The molecule has 3 rings (SSSR count). The van der Waals surface area contributed by atoms with Gasteiger partial charge in [-0.3, -0.25) is 0 Å². The normalized spacial score (nSPS) is 19.9. The maximum absolute atomic E-state index is 4.63. The number of hydrogen-bond acceptors (Lipinski definition) is 4. The largest absolute Gasteiger partial charge is 0.360 e. The number of aryl methyl sites for hydroxylation is 1. The molecular formula is C13H16N2S2. The van der Waals surface area contributed by atoms with E-state index in [4.69, 9.17) is 0 Å². The standard InChI is InChI=1S/C13H16N2S2/c1-9-4-5-12-11(7-9)15-13(17-12)14-8-10-3-2-6-16-10/h4-5,7,10H,2-3,6,8H2,1H3,(H,14,15). The average molecular weight is 264 g/mol. The first-order valence-corrected chi connectivity index (χ1v) is 7.90. The molecule has 0 saturated carbocycles. The van der Waals surface area contributed by atoms with Crippen LogP contribution >= 0.6 is 23.1 Å². The quantitative estimate of drug-likeness (QED) is 0.909. The molecule has 1 fully saturated rings. The highest BCUT2D eigenvalue weighted by Crippen LogP contribution is 2.29. The van der Waals surface area contributed by atoms with Gasteiger partial charge >= 0.3 is 0 Å². The number of hydrogen-bond donors (Lipinski definition) is 1. The third kappa shape index (κ3) is 2.58. The van der Waals surface area contributed by atoms with E-state index in [1.54, 1.807) is 11.3 Å². The first-order valence-electron chi connectivity index (χ1n) is 6.04. The maximum atomic E-state index is 4.63. The van der Waals surface area contributed by atoms with Crippen LogP contribution in [0.15, 0.2) is 18.2 Å². The Labute approximate surface area is 110 Å². The number of nitrogens with one attached hydrogen (secondary N) is 1. The van der Waals surface area contributed by atoms with E-state index in [-0.39, 0.29) is 0 Å². The Morgan fingerprint density at radius 3 is 3.24 bits per heavy atom. The second kappa shape index (κ2) is 4.86. The number of thiazole rings is 1. The summed E-state index contributed by atoms with van der Waals surface area (Å²) in [5.74, 6) is 1.32. The maximum Gasteiger partial charge on any atom is 0.183 e. The SMILES string of the molecule is Cc1ccc2sc(NCC3CCCS3)nc2c1. The lowest BCUT2D eigenvalue weighted by molar-refractivity contribution is 0.805. The lowest BCUT2D eigenvalue weighted by Crippen LogP contribution is -2.13. The van der Waals surface area contributed by atoms with E-state index in [1.807, 2.05) is 0 Å². The van der Waals surface area contributed by atoms with Crippen LogP contribution in [0, 0.1) is 6.92 Å². The molecule has 0 radical (unpaired) electrons. The van der Waals surface area contributed by atoms with Crippen LogP contribution in [0.25, 0.3) is 10.2 Å². The van der Waals surface area contributed by atoms with Crippen LogP contribution < -0.4 is 5.32 Å². The minimum Gasteiger partial charge on any atom is -0.360 e. The van der Waals surface area contributed by atoms with E-state index in [0.29, 0.717) is 0 Å². The third-order valence-electron chi connectivity index (χ3n) is 3.05. The predicted molar refractivity (Wildman–Crippen MR) is 78.3 cm³/mol. The predicted octanol–water partition coefficient (Wildman–Crippen LogP) is 3.91. The number of rotatable bonds is 3. The van der Waals surface area contributed by atoms with Gasteiger partial charge in [-0.15, -0.1) is 0 Å². The Hall–Kier alpha value is -0.740. The summed E-state index contributed by atoms with van der Waals surface area (Å²) in [6.07, 6.45) is 2.72. The highest BCUT2D eigenvalue weighted by molar-refractivity contribution is 8.00. The van der Waals surface area contributed by atoms with Crippen LogP contribution in [0.2, 0.25) is 0 Å². The van der Waals surface area contributed by atoms with Gasteiger partial charge in [0.15, 0.2) is 5.13 Å². The van der Waals surface area contributed by atoms with Gasteiger partial charge in [0, 0.05) is 11.8 Å². The smallest absolute Gasteiger partial charge is 0.183 e. The fraction of sp³-hybridized carbons (Fsp3) is 0.462. The number of anilines is 1. The van der Waals surface area contributed by atoms with E-state index in [1.165, 1.54) is 28.9 Å². The fourth-order valence-electron chi connectivity index (χ4n) is 2.12. The minimum atomic E-state index is 0.781. The Morgan fingerprint density at radius 1 is 1.47 bits per heavy atom. The molecule has 4 heteroatoms. The molecule has 17 heavy (non-hydrogen) atoms. The van der Waals surface area contributed by atoms with Gasteiger partial charge in [0.2, 0.25) is 0 Å². The van der Waals surface area contributed by atoms with Crippen molar-refractivity contribution in [3.05, 3.63) is 23.8 Å². The molecule has 1 unspecified atom stereocenters. The summed E-state index contributed by atoms with van der Waals surface area (Å²) in [4.78, 5) is 4.63. The van der Waals surface area contributed by atoms with Crippen LogP contribution in [0.1, 0.15) is 18.4 Å². The zero-order valence-electron chi connectivity index (χ0n) is 9.90.